The summed E-state index contributed by atoms with van der Waals surface area (Å²) in [7, 11) is 0. The van der Waals surface area contributed by atoms with E-state index in [0.717, 1.165) is 29.7 Å². The first-order valence-electron chi connectivity index (χ1n) is 8.20. The van der Waals surface area contributed by atoms with Gasteiger partial charge in [0.15, 0.2) is 0 Å². The van der Waals surface area contributed by atoms with E-state index in [1.54, 1.807) is 6.42 Å². The minimum atomic E-state index is 0.468. The van der Waals surface area contributed by atoms with Crippen molar-refractivity contribution in [2.24, 2.45) is 23.7 Å². The maximum Gasteiger partial charge on any atom is 0.0294 e. The topological polar surface area (TPSA) is 12.0 Å². The second-order valence-corrected chi connectivity index (χ2v) is 8.32. The van der Waals surface area contributed by atoms with Crippen LogP contribution in [0, 0.1) is 23.7 Å². The van der Waals surface area contributed by atoms with E-state index in [4.69, 9.17) is 0 Å². The molecule has 0 saturated heterocycles. The summed E-state index contributed by atoms with van der Waals surface area (Å²) in [6, 6.07) is 10.0. The van der Waals surface area contributed by atoms with Gasteiger partial charge in [0, 0.05) is 16.6 Å². The summed E-state index contributed by atoms with van der Waals surface area (Å²) in [5.41, 5.74) is 1.41. The third kappa shape index (κ3) is 2.35. The van der Waals surface area contributed by atoms with E-state index in [2.05, 4.69) is 52.4 Å². The van der Waals surface area contributed by atoms with Crippen LogP contribution in [0.1, 0.15) is 50.6 Å². The molecule has 0 unspecified atom stereocenters. The molecule has 1 aromatic rings. The monoisotopic (exact) mass is 333 g/mol. The molecule has 5 rings (SSSR count). The van der Waals surface area contributed by atoms with E-state index in [1.165, 1.54) is 35.7 Å². The van der Waals surface area contributed by atoms with E-state index in [0.29, 0.717) is 6.04 Å². The molecule has 0 spiro atoms. The molecule has 0 heterocycles. The minimum absolute atomic E-state index is 0.468. The predicted molar refractivity (Wildman–Crippen MR) is 86.5 cm³/mol. The minimum Gasteiger partial charge on any atom is -0.307 e. The van der Waals surface area contributed by atoms with Crippen molar-refractivity contribution < 1.29 is 0 Å². The van der Waals surface area contributed by atoms with Gasteiger partial charge in [-0.3, -0.25) is 0 Å². The Bertz CT molecular complexity index is 470. The lowest BCUT2D eigenvalue weighted by Crippen LogP contribution is -2.54. The average molecular weight is 334 g/mol. The highest BCUT2D eigenvalue weighted by atomic mass is 79.9. The molecule has 4 fully saturated rings. The first kappa shape index (κ1) is 13.3. The normalized spacial score (nSPS) is 40.0. The largest absolute Gasteiger partial charge is 0.307 e. The van der Waals surface area contributed by atoms with Crippen LogP contribution >= 0.6 is 15.9 Å². The fourth-order valence-electron chi connectivity index (χ4n) is 5.36. The van der Waals surface area contributed by atoms with Gasteiger partial charge < -0.3 is 5.32 Å². The lowest BCUT2D eigenvalue weighted by molar-refractivity contribution is -0.0171. The number of benzene rings is 1. The van der Waals surface area contributed by atoms with Gasteiger partial charge in [-0.1, -0.05) is 28.1 Å². The lowest BCUT2D eigenvalue weighted by Gasteiger charge is -2.55. The first-order valence-corrected chi connectivity index (χ1v) is 9.00. The van der Waals surface area contributed by atoms with Gasteiger partial charge in [0.1, 0.15) is 0 Å². The predicted octanol–water partition coefficient (Wildman–Crippen LogP) is 4.92. The summed E-state index contributed by atoms with van der Waals surface area (Å²) in [4.78, 5) is 0. The zero-order chi connectivity index (χ0) is 13.7. The highest BCUT2D eigenvalue weighted by Gasteiger charge is 2.48. The molecule has 1 nitrogen and oxygen atoms in total. The van der Waals surface area contributed by atoms with Crippen LogP contribution in [0.25, 0.3) is 0 Å². The fraction of sp³-hybridized carbons (Fsp3) is 0.667. The molecule has 0 radical (unpaired) electrons. The van der Waals surface area contributed by atoms with Gasteiger partial charge in [0.05, 0.1) is 0 Å². The molecular weight excluding hydrogens is 310 g/mol. The smallest absolute Gasteiger partial charge is 0.0294 e. The highest BCUT2D eigenvalue weighted by molar-refractivity contribution is 9.10. The Labute approximate surface area is 130 Å². The Balaban J connectivity index is 1.49. The number of halogens is 1. The third-order valence-corrected chi connectivity index (χ3v) is 6.51. The quantitative estimate of drug-likeness (QED) is 0.827. The van der Waals surface area contributed by atoms with Gasteiger partial charge in [-0.15, -0.1) is 0 Å². The van der Waals surface area contributed by atoms with Crippen LogP contribution in [0.15, 0.2) is 28.7 Å². The molecule has 4 aliphatic rings. The Morgan fingerprint density at radius 2 is 1.70 bits per heavy atom. The van der Waals surface area contributed by atoms with E-state index >= 15 is 0 Å². The molecule has 20 heavy (non-hydrogen) atoms. The van der Waals surface area contributed by atoms with Gasteiger partial charge >= 0.3 is 0 Å². The van der Waals surface area contributed by atoms with Crippen LogP contribution in [0.3, 0.4) is 0 Å². The Morgan fingerprint density at radius 1 is 1.05 bits per heavy atom. The van der Waals surface area contributed by atoms with Crippen molar-refractivity contribution in [2.75, 3.05) is 0 Å². The molecule has 2 heteroatoms. The van der Waals surface area contributed by atoms with Crippen LogP contribution in [-0.4, -0.2) is 6.04 Å². The molecule has 0 aliphatic heterocycles. The van der Waals surface area contributed by atoms with Crippen molar-refractivity contribution in [1.29, 1.82) is 0 Å². The van der Waals surface area contributed by atoms with Crippen molar-refractivity contribution in [3.63, 3.8) is 0 Å². The average Bonchev–Trinajstić information content (AvgIpc) is 2.42. The molecule has 0 aromatic heterocycles. The number of hydrogen-bond acceptors (Lipinski definition) is 1. The SMILES string of the molecule is C[C@H](NC1C2CC3CC(C2)CC1C3)c1cccc(Br)c1. The lowest BCUT2D eigenvalue weighted by atomic mass is 9.54. The van der Waals surface area contributed by atoms with Gasteiger partial charge in [0.2, 0.25) is 0 Å². The van der Waals surface area contributed by atoms with Crippen LogP contribution in [0.2, 0.25) is 0 Å². The Hall–Kier alpha value is -0.340. The zero-order valence-corrected chi connectivity index (χ0v) is 13.8. The molecule has 4 saturated carbocycles. The maximum absolute atomic E-state index is 3.98. The van der Waals surface area contributed by atoms with E-state index < -0.39 is 0 Å². The molecule has 1 aromatic carbocycles. The molecule has 108 valence electrons. The summed E-state index contributed by atoms with van der Waals surface area (Å²) in [6.45, 7) is 2.33. The summed E-state index contributed by atoms with van der Waals surface area (Å²) >= 11 is 3.59. The molecular formula is C18H24BrN. The van der Waals surface area contributed by atoms with Crippen molar-refractivity contribution in [1.82, 2.24) is 5.32 Å². The highest BCUT2D eigenvalue weighted by Crippen LogP contribution is 2.54. The number of nitrogens with one attached hydrogen (secondary N) is 1. The first-order chi connectivity index (χ1) is 9.69. The van der Waals surface area contributed by atoms with Crippen LogP contribution in [0.5, 0.6) is 0 Å². The van der Waals surface area contributed by atoms with E-state index in [1.807, 2.05) is 0 Å². The summed E-state index contributed by atoms with van der Waals surface area (Å²) in [5, 5.41) is 3.98. The number of hydrogen-bond donors (Lipinski definition) is 1. The second kappa shape index (κ2) is 5.14. The molecule has 4 bridgehead atoms. The molecule has 0 amide bonds. The van der Waals surface area contributed by atoms with Gasteiger partial charge in [-0.25, -0.2) is 0 Å². The van der Waals surface area contributed by atoms with Gasteiger partial charge in [-0.05, 0) is 80.4 Å². The fourth-order valence-corrected chi connectivity index (χ4v) is 5.78. The Kier molecular flexibility index (Phi) is 3.42. The summed E-state index contributed by atoms with van der Waals surface area (Å²) in [6.07, 6.45) is 7.53. The van der Waals surface area contributed by atoms with Gasteiger partial charge in [-0.2, -0.15) is 0 Å². The Morgan fingerprint density at radius 3 is 2.30 bits per heavy atom. The maximum atomic E-state index is 3.98. The second-order valence-electron chi connectivity index (χ2n) is 7.40. The zero-order valence-electron chi connectivity index (χ0n) is 12.2. The molecule has 4 aliphatic carbocycles. The third-order valence-electron chi connectivity index (χ3n) is 6.02. The van der Waals surface area contributed by atoms with Crippen LogP contribution in [0.4, 0.5) is 0 Å². The van der Waals surface area contributed by atoms with Crippen LogP contribution < -0.4 is 5.32 Å². The van der Waals surface area contributed by atoms with Crippen molar-refractivity contribution in [3.05, 3.63) is 34.3 Å². The molecule has 1 N–H and O–H groups in total. The van der Waals surface area contributed by atoms with Crippen LogP contribution in [-0.2, 0) is 0 Å². The van der Waals surface area contributed by atoms with E-state index in [9.17, 15) is 0 Å². The van der Waals surface area contributed by atoms with Crippen molar-refractivity contribution in [2.45, 2.75) is 51.1 Å². The standard InChI is InChI=1S/C18H24BrN/c1-11(14-3-2-4-17(19)10-14)20-18-15-6-12-5-13(8-15)9-16(18)7-12/h2-4,10-13,15-16,18,20H,5-9H2,1H3/t11-,12?,13?,15?,16?,18?/m0/s1. The van der Waals surface area contributed by atoms with E-state index in [-0.39, 0.29) is 0 Å². The van der Waals surface area contributed by atoms with Gasteiger partial charge in [0.25, 0.3) is 0 Å². The van der Waals surface area contributed by atoms with Crippen molar-refractivity contribution in [3.8, 4) is 0 Å². The number of rotatable bonds is 3. The summed E-state index contributed by atoms with van der Waals surface area (Å²) < 4.78 is 1.19. The summed E-state index contributed by atoms with van der Waals surface area (Å²) in [5.74, 6) is 4.05. The molecule has 1 atom stereocenters. The van der Waals surface area contributed by atoms with Crippen molar-refractivity contribution >= 4 is 15.9 Å².